The number of nitrogens with one attached hydrogen (secondary N) is 3. The van der Waals surface area contributed by atoms with Gasteiger partial charge >= 0.3 is 6.18 Å². The Labute approximate surface area is 177 Å². The van der Waals surface area contributed by atoms with E-state index in [2.05, 4.69) is 21.2 Å². The predicted octanol–water partition coefficient (Wildman–Crippen LogP) is 2.79. The lowest BCUT2D eigenvalue weighted by molar-refractivity contribution is -0.137. The first-order chi connectivity index (χ1) is 14.8. The Kier molecular flexibility index (Phi) is 6.10. The first kappa shape index (κ1) is 21.5. The molecular formula is C21H23F4N5O. The largest absolute Gasteiger partial charge is 0.417 e. The number of carbonyl (C=O) groups excluding carboxylic acids is 1. The van der Waals surface area contributed by atoms with E-state index in [1.165, 1.54) is 18.2 Å². The molecule has 3 N–H and O–H groups in total. The molecule has 1 aromatic heterocycles. The van der Waals surface area contributed by atoms with Crippen LogP contribution in [-0.4, -0.2) is 36.6 Å². The summed E-state index contributed by atoms with van der Waals surface area (Å²) in [6.45, 7) is 1.64. The quantitative estimate of drug-likeness (QED) is 0.642. The number of rotatable bonds is 4. The van der Waals surface area contributed by atoms with Crippen LogP contribution in [0.25, 0.3) is 0 Å². The number of halogens is 4. The minimum absolute atomic E-state index is 0.0207. The number of alkyl halides is 3. The first-order valence-electron chi connectivity index (χ1n) is 10.1. The van der Waals surface area contributed by atoms with Crippen molar-refractivity contribution in [1.82, 2.24) is 21.2 Å². The van der Waals surface area contributed by atoms with Crippen LogP contribution in [0.15, 0.2) is 42.6 Å². The second kappa shape index (κ2) is 8.80. The number of anilines is 1. The normalized spacial score (nSPS) is 22.5. The standard InChI is InChI=1S/C21H23F4N5O/c22-15-4-1-13(2-5-15)19-17(12-27-29-19)20(31)28-16-7-9-30(10-8-16)18-6-3-14(11-26-18)21(23,24)25/h1-6,11,16-17,19,27,29H,7-10,12H2,(H,28,31). The minimum Gasteiger partial charge on any atom is -0.356 e. The van der Waals surface area contributed by atoms with Crippen LogP contribution in [0.5, 0.6) is 0 Å². The average Bonchev–Trinajstić information content (AvgIpc) is 3.24. The second-order valence-corrected chi connectivity index (χ2v) is 7.83. The highest BCUT2D eigenvalue weighted by Crippen LogP contribution is 2.30. The van der Waals surface area contributed by atoms with Crippen LogP contribution in [0.3, 0.4) is 0 Å². The molecule has 1 aromatic carbocycles. The molecule has 0 saturated carbocycles. The van der Waals surface area contributed by atoms with Crippen LogP contribution in [0.1, 0.15) is 30.0 Å². The van der Waals surface area contributed by atoms with E-state index in [0.29, 0.717) is 38.3 Å². The molecule has 0 radical (unpaired) electrons. The molecule has 2 aliphatic rings. The van der Waals surface area contributed by atoms with E-state index in [1.54, 1.807) is 12.1 Å². The van der Waals surface area contributed by atoms with Gasteiger partial charge in [-0.3, -0.25) is 10.2 Å². The number of hydrogen-bond donors (Lipinski definition) is 3. The Balaban J connectivity index is 1.31. The van der Waals surface area contributed by atoms with Gasteiger partial charge in [0, 0.05) is 31.9 Å². The Morgan fingerprint density at radius 3 is 2.42 bits per heavy atom. The van der Waals surface area contributed by atoms with Crippen LogP contribution in [0, 0.1) is 11.7 Å². The molecule has 6 nitrogen and oxygen atoms in total. The van der Waals surface area contributed by atoms with Crippen molar-refractivity contribution < 1.29 is 22.4 Å². The highest BCUT2D eigenvalue weighted by molar-refractivity contribution is 5.80. The average molecular weight is 437 g/mol. The lowest BCUT2D eigenvalue weighted by Crippen LogP contribution is -2.47. The van der Waals surface area contributed by atoms with E-state index < -0.39 is 11.7 Å². The number of piperidine rings is 1. The van der Waals surface area contributed by atoms with Gasteiger partial charge in [-0.1, -0.05) is 12.1 Å². The van der Waals surface area contributed by atoms with Crippen LogP contribution in [0.4, 0.5) is 23.4 Å². The van der Waals surface area contributed by atoms with Crippen molar-refractivity contribution in [3.63, 3.8) is 0 Å². The molecule has 10 heteroatoms. The van der Waals surface area contributed by atoms with Crippen molar-refractivity contribution in [3.8, 4) is 0 Å². The molecule has 2 atom stereocenters. The van der Waals surface area contributed by atoms with E-state index in [-0.39, 0.29) is 29.7 Å². The highest BCUT2D eigenvalue weighted by Gasteiger charge is 2.35. The third kappa shape index (κ3) is 4.96. The van der Waals surface area contributed by atoms with Crippen molar-refractivity contribution in [1.29, 1.82) is 0 Å². The summed E-state index contributed by atoms with van der Waals surface area (Å²) >= 11 is 0. The van der Waals surface area contributed by atoms with Crippen molar-refractivity contribution in [3.05, 3.63) is 59.5 Å². The van der Waals surface area contributed by atoms with Gasteiger partial charge < -0.3 is 10.2 Å². The predicted molar refractivity (Wildman–Crippen MR) is 106 cm³/mol. The highest BCUT2D eigenvalue weighted by atomic mass is 19.4. The van der Waals surface area contributed by atoms with Gasteiger partial charge in [0.1, 0.15) is 11.6 Å². The van der Waals surface area contributed by atoms with Gasteiger partial charge in [0.2, 0.25) is 5.91 Å². The van der Waals surface area contributed by atoms with Gasteiger partial charge in [0.05, 0.1) is 17.5 Å². The number of amides is 1. The summed E-state index contributed by atoms with van der Waals surface area (Å²) in [4.78, 5) is 18.7. The molecule has 0 spiro atoms. The number of benzene rings is 1. The maximum absolute atomic E-state index is 13.2. The molecular weight excluding hydrogens is 414 g/mol. The van der Waals surface area contributed by atoms with Crippen molar-refractivity contribution in [2.24, 2.45) is 5.92 Å². The molecule has 1 amide bonds. The maximum Gasteiger partial charge on any atom is 0.417 e. The molecule has 2 unspecified atom stereocenters. The number of nitrogens with zero attached hydrogens (tertiary/aromatic N) is 2. The van der Waals surface area contributed by atoms with E-state index in [1.807, 2.05) is 4.90 Å². The maximum atomic E-state index is 13.2. The summed E-state index contributed by atoms with van der Waals surface area (Å²) in [6, 6.07) is 8.21. The zero-order valence-electron chi connectivity index (χ0n) is 16.6. The van der Waals surface area contributed by atoms with Gasteiger partial charge in [-0.15, -0.1) is 0 Å². The lowest BCUT2D eigenvalue weighted by Gasteiger charge is -2.34. The molecule has 4 rings (SSSR count). The number of hydrazine groups is 1. The Morgan fingerprint density at radius 1 is 1.10 bits per heavy atom. The molecule has 166 valence electrons. The zero-order valence-corrected chi connectivity index (χ0v) is 16.6. The molecule has 2 fully saturated rings. The van der Waals surface area contributed by atoms with Gasteiger partial charge in [0.15, 0.2) is 0 Å². The molecule has 2 aliphatic heterocycles. The van der Waals surface area contributed by atoms with Gasteiger partial charge in [0.25, 0.3) is 0 Å². The minimum atomic E-state index is -4.40. The van der Waals surface area contributed by atoms with Gasteiger partial charge in [-0.2, -0.15) is 13.2 Å². The van der Waals surface area contributed by atoms with Crippen molar-refractivity contribution in [2.75, 3.05) is 24.5 Å². The fourth-order valence-corrected chi connectivity index (χ4v) is 4.03. The monoisotopic (exact) mass is 437 g/mol. The zero-order chi connectivity index (χ0) is 22.0. The lowest BCUT2D eigenvalue weighted by atomic mass is 9.93. The summed E-state index contributed by atoms with van der Waals surface area (Å²) in [6.07, 6.45) is -2.22. The Bertz CT molecular complexity index is 895. The van der Waals surface area contributed by atoms with E-state index in [9.17, 15) is 22.4 Å². The molecule has 0 aliphatic carbocycles. The number of hydrogen-bond acceptors (Lipinski definition) is 5. The first-order valence-corrected chi connectivity index (χ1v) is 10.1. The number of aromatic nitrogens is 1. The van der Waals surface area contributed by atoms with Crippen LogP contribution in [-0.2, 0) is 11.0 Å². The Morgan fingerprint density at radius 2 is 1.81 bits per heavy atom. The topological polar surface area (TPSA) is 69.3 Å². The van der Waals surface area contributed by atoms with Crippen LogP contribution >= 0.6 is 0 Å². The molecule has 0 bridgehead atoms. The number of carbonyl (C=O) groups is 1. The third-order valence-electron chi connectivity index (χ3n) is 5.79. The Hall–Kier alpha value is -2.72. The summed E-state index contributed by atoms with van der Waals surface area (Å²) in [5, 5.41) is 3.08. The van der Waals surface area contributed by atoms with Crippen molar-refractivity contribution in [2.45, 2.75) is 31.1 Å². The van der Waals surface area contributed by atoms with E-state index in [4.69, 9.17) is 0 Å². The van der Waals surface area contributed by atoms with Gasteiger partial charge in [-0.05, 0) is 42.7 Å². The molecule has 3 heterocycles. The fraction of sp³-hybridized carbons (Fsp3) is 0.429. The summed E-state index contributed by atoms with van der Waals surface area (Å²) in [5.74, 6) is -0.249. The van der Waals surface area contributed by atoms with Crippen LogP contribution in [0.2, 0.25) is 0 Å². The third-order valence-corrected chi connectivity index (χ3v) is 5.79. The molecule has 2 aromatic rings. The number of pyridine rings is 1. The fourth-order valence-electron chi connectivity index (χ4n) is 4.03. The van der Waals surface area contributed by atoms with E-state index >= 15 is 0 Å². The molecule has 2 saturated heterocycles. The SMILES string of the molecule is O=C(NC1CCN(c2ccc(C(F)(F)F)cn2)CC1)C1CNNC1c1ccc(F)cc1. The summed E-state index contributed by atoms with van der Waals surface area (Å²) < 4.78 is 51.3. The smallest absolute Gasteiger partial charge is 0.356 e. The van der Waals surface area contributed by atoms with E-state index in [0.717, 1.165) is 17.8 Å². The van der Waals surface area contributed by atoms with Gasteiger partial charge in [-0.25, -0.2) is 14.8 Å². The molecule has 31 heavy (non-hydrogen) atoms. The van der Waals surface area contributed by atoms with Crippen LogP contribution < -0.4 is 21.1 Å². The summed E-state index contributed by atoms with van der Waals surface area (Å²) in [5.41, 5.74) is 6.13. The van der Waals surface area contributed by atoms with Crippen molar-refractivity contribution >= 4 is 11.7 Å². The second-order valence-electron chi connectivity index (χ2n) is 7.83. The summed E-state index contributed by atoms with van der Waals surface area (Å²) in [7, 11) is 0.